The largest absolute Gasteiger partial charge is 0.418 e. The van der Waals surface area contributed by atoms with Crippen LogP contribution in [-0.2, 0) is 15.8 Å². The molecule has 3 rings (SSSR count). The Morgan fingerprint density at radius 1 is 1.03 bits per heavy atom. The molecular formula is C22H18ClF3N4O2. The average molecular weight is 463 g/mol. The molecule has 0 saturated carbocycles. The number of alkyl halides is 3. The molecule has 0 radical (unpaired) electrons. The molecule has 0 unspecified atom stereocenters. The first-order valence-corrected chi connectivity index (χ1v) is 9.71. The van der Waals surface area contributed by atoms with Crippen molar-refractivity contribution in [1.29, 1.82) is 0 Å². The Labute approximate surface area is 186 Å². The van der Waals surface area contributed by atoms with Gasteiger partial charge in [0.1, 0.15) is 0 Å². The number of para-hydroxylation sites is 1. The molecule has 1 heterocycles. The zero-order chi connectivity index (χ0) is 23.5. The predicted octanol–water partition coefficient (Wildman–Crippen LogP) is 4.86. The fraction of sp³-hybridized carbons (Fsp3) is 0.136. The van der Waals surface area contributed by atoms with Crippen molar-refractivity contribution < 1.29 is 22.8 Å². The molecule has 1 aromatic heterocycles. The van der Waals surface area contributed by atoms with Crippen molar-refractivity contribution in [3.8, 4) is 5.69 Å². The third kappa shape index (κ3) is 5.17. The molecular weight excluding hydrogens is 445 g/mol. The monoisotopic (exact) mass is 462 g/mol. The van der Waals surface area contributed by atoms with Gasteiger partial charge in [-0.2, -0.15) is 18.3 Å². The fourth-order valence-corrected chi connectivity index (χ4v) is 3.35. The SMILES string of the molecule is Cc1cc(/C=N/NC(=O)C(=O)Nc2cccc(Cl)c2)c(C)n1-c1ccccc1C(F)(F)F. The summed E-state index contributed by atoms with van der Waals surface area (Å²) in [6, 6.07) is 13.1. The van der Waals surface area contributed by atoms with Crippen molar-refractivity contribution in [2.24, 2.45) is 5.10 Å². The number of halogens is 4. The third-order valence-electron chi connectivity index (χ3n) is 4.58. The number of rotatable bonds is 4. The van der Waals surface area contributed by atoms with Crippen LogP contribution in [0.4, 0.5) is 18.9 Å². The molecule has 0 saturated heterocycles. The first kappa shape index (κ1) is 23.1. The normalized spacial score (nSPS) is 11.6. The van der Waals surface area contributed by atoms with E-state index >= 15 is 0 Å². The Balaban J connectivity index is 1.76. The Hall–Kier alpha value is -3.59. The van der Waals surface area contributed by atoms with E-state index in [1.807, 2.05) is 0 Å². The minimum atomic E-state index is -4.52. The zero-order valence-electron chi connectivity index (χ0n) is 17.0. The minimum Gasteiger partial charge on any atom is -0.318 e. The van der Waals surface area contributed by atoms with Gasteiger partial charge in [0.05, 0.1) is 17.5 Å². The van der Waals surface area contributed by atoms with Crippen LogP contribution in [0.3, 0.4) is 0 Å². The average Bonchev–Trinajstić information content (AvgIpc) is 3.00. The summed E-state index contributed by atoms with van der Waals surface area (Å²) in [5, 5.41) is 6.52. The van der Waals surface area contributed by atoms with Crippen molar-refractivity contribution in [2.75, 3.05) is 5.32 Å². The number of amides is 2. The molecule has 3 aromatic rings. The lowest BCUT2D eigenvalue weighted by atomic mass is 10.1. The number of benzene rings is 2. The second-order valence-corrected chi connectivity index (χ2v) is 7.28. The number of carbonyl (C=O) groups excluding carboxylic acids is 2. The van der Waals surface area contributed by atoms with Crippen LogP contribution in [0.1, 0.15) is 22.5 Å². The van der Waals surface area contributed by atoms with E-state index < -0.39 is 23.6 Å². The molecule has 166 valence electrons. The number of aryl methyl sites for hydroxylation is 1. The Morgan fingerprint density at radius 3 is 2.44 bits per heavy atom. The molecule has 0 aliphatic heterocycles. The topological polar surface area (TPSA) is 75.5 Å². The maximum absolute atomic E-state index is 13.4. The predicted molar refractivity (Wildman–Crippen MR) is 116 cm³/mol. The molecule has 0 spiro atoms. The van der Waals surface area contributed by atoms with Crippen molar-refractivity contribution in [3.05, 3.63) is 82.1 Å². The van der Waals surface area contributed by atoms with Gasteiger partial charge in [0.25, 0.3) is 0 Å². The summed E-state index contributed by atoms with van der Waals surface area (Å²) in [7, 11) is 0. The van der Waals surface area contributed by atoms with Crippen LogP contribution in [0.15, 0.2) is 59.7 Å². The van der Waals surface area contributed by atoms with Gasteiger partial charge in [-0.1, -0.05) is 29.8 Å². The number of anilines is 1. The summed E-state index contributed by atoms with van der Waals surface area (Å²) < 4.78 is 41.7. The van der Waals surface area contributed by atoms with Gasteiger partial charge in [-0.15, -0.1) is 0 Å². The lowest BCUT2D eigenvalue weighted by Crippen LogP contribution is -2.32. The van der Waals surface area contributed by atoms with Gasteiger partial charge >= 0.3 is 18.0 Å². The van der Waals surface area contributed by atoms with E-state index in [0.717, 1.165) is 6.07 Å². The van der Waals surface area contributed by atoms with Gasteiger partial charge in [-0.3, -0.25) is 9.59 Å². The van der Waals surface area contributed by atoms with E-state index in [1.54, 1.807) is 38.1 Å². The highest BCUT2D eigenvalue weighted by Crippen LogP contribution is 2.35. The van der Waals surface area contributed by atoms with E-state index in [1.165, 1.54) is 35.0 Å². The number of hydrogen-bond acceptors (Lipinski definition) is 3. The molecule has 2 N–H and O–H groups in total. The first-order chi connectivity index (χ1) is 15.1. The smallest absolute Gasteiger partial charge is 0.318 e. The van der Waals surface area contributed by atoms with Gasteiger partial charge in [-0.25, -0.2) is 5.43 Å². The van der Waals surface area contributed by atoms with Crippen molar-refractivity contribution in [2.45, 2.75) is 20.0 Å². The molecule has 0 aliphatic rings. The van der Waals surface area contributed by atoms with E-state index in [4.69, 9.17) is 11.6 Å². The summed E-state index contributed by atoms with van der Waals surface area (Å²) in [4.78, 5) is 23.9. The minimum absolute atomic E-state index is 0.0143. The van der Waals surface area contributed by atoms with Gasteiger partial charge in [-0.05, 0) is 50.2 Å². The molecule has 0 bridgehead atoms. The maximum atomic E-state index is 13.4. The highest BCUT2D eigenvalue weighted by atomic mass is 35.5. The van der Waals surface area contributed by atoms with Crippen LogP contribution < -0.4 is 10.7 Å². The highest BCUT2D eigenvalue weighted by Gasteiger charge is 2.34. The molecule has 32 heavy (non-hydrogen) atoms. The Morgan fingerprint density at radius 2 is 1.75 bits per heavy atom. The molecule has 2 amide bonds. The standard InChI is InChI=1S/C22H18ClF3N4O2/c1-13-10-15(14(2)30(13)19-9-4-3-8-18(19)22(24,25)26)12-27-29-21(32)20(31)28-17-7-5-6-16(23)11-17/h3-12H,1-2H3,(H,28,31)(H,29,32)/b27-12+. The highest BCUT2D eigenvalue weighted by molar-refractivity contribution is 6.39. The van der Waals surface area contributed by atoms with E-state index in [9.17, 15) is 22.8 Å². The van der Waals surface area contributed by atoms with E-state index in [2.05, 4.69) is 15.8 Å². The summed E-state index contributed by atoms with van der Waals surface area (Å²) in [5.41, 5.74) is 3.17. The van der Waals surface area contributed by atoms with Crippen LogP contribution in [0.5, 0.6) is 0 Å². The summed E-state index contributed by atoms with van der Waals surface area (Å²) in [5.74, 6) is -1.97. The van der Waals surface area contributed by atoms with Crippen LogP contribution in [0.25, 0.3) is 5.69 Å². The van der Waals surface area contributed by atoms with Crippen molar-refractivity contribution >= 4 is 35.3 Å². The molecule has 6 nitrogen and oxygen atoms in total. The number of nitrogens with zero attached hydrogens (tertiary/aromatic N) is 2. The number of carbonyl (C=O) groups is 2. The maximum Gasteiger partial charge on any atom is 0.418 e. The van der Waals surface area contributed by atoms with Gasteiger partial charge in [0, 0.05) is 27.7 Å². The first-order valence-electron chi connectivity index (χ1n) is 9.33. The summed E-state index contributed by atoms with van der Waals surface area (Å²) >= 11 is 5.83. The molecule has 10 heteroatoms. The van der Waals surface area contributed by atoms with Gasteiger partial charge < -0.3 is 9.88 Å². The molecule has 0 fully saturated rings. The van der Waals surface area contributed by atoms with Crippen LogP contribution in [0, 0.1) is 13.8 Å². The fourth-order valence-electron chi connectivity index (χ4n) is 3.16. The number of nitrogens with one attached hydrogen (secondary N) is 2. The molecule has 2 aromatic carbocycles. The number of aromatic nitrogens is 1. The van der Waals surface area contributed by atoms with Crippen molar-refractivity contribution in [1.82, 2.24) is 9.99 Å². The van der Waals surface area contributed by atoms with Crippen molar-refractivity contribution in [3.63, 3.8) is 0 Å². The Bertz CT molecular complexity index is 1200. The van der Waals surface area contributed by atoms with Crippen LogP contribution >= 0.6 is 11.6 Å². The third-order valence-corrected chi connectivity index (χ3v) is 4.81. The quantitative estimate of drug-likeness (QED) is 0.330. The van der Waals surface area contributed by atoms with Crippen LogP contribution in [-0.4, -0.2) is 22.6 Å². The second-order valence-electron chi connectivity index (χ2n) is 6.84. The molecule has 0 atom stereocenters. The summed E-state index contributed by atoms with van der Waals surface area (Å²) in [6.45, 7) is 3.30. The summed E-state index contributed by atoms with van der Waals surface area (Å²) in [6.07, 6.45) is -3.25. The number of hydrazone groups is 1. The van der Waals surface area contributed by atoms with E-state index in [-0.39, 0.29) is 5.69 Å². The van der Waals surface area contributed by atoms with Gasteiger partial charge in [0.15, 0.2) is 0 Å². The Kier molecular flexibility index (Phi) is 6.69. The lowest BCUT2D eigenvalue weighted by molar-refractivity contribution is -0.137. The lowest BCUT2D eigenvalue weighted by Gasteiger charge is -2.16. The molecule has 0 aliphatic carbocycles. The second kappa shape index (κ2) is 9.27. The van der Waals surface area contributed by atoms with Gasteiger partial charge in [0.2, 0.25) is 0 Å². The van der Waals surface area contributed by atoms with Crippen LogP contribution in [0.2, 0.25) is 5.02 Å². The zero-order valence-corrected chi connectivity index (χ0v) is 17.8. The van der Waals surface area contributed by atoms with E-state index in [0.29, 0.717) is 27.7 Å². The number of hydrogen-bond donors (Lipinski definition) is 2.